The molecule has 0 radical (unpaired) electrons. The lowest BCUT2D eigenvalue weighted by molar-refractivity contribution is -0.142. The van der Waals surface area contributed by atoms with Gasteiger partial charge in [-0.25, -0.2) is 19.5 Å². The van der Waals surface area contributed by atoms with Crippen LogP contribution < -0.4 is 9.61 Å². The molecule has 0 spiro atoms. The van der Waals surface area contributed by atoms with Crippen molar-refractivity contribution in [1.29, 1.82) is 0 Å². The van der Waals surface area contributed by atoms with Gasteiger partial charge in [-0.15, -0.1) is 0 Å². The summed E-state index contributed by atoms with van der Waals surface area (Å²) < 4.78 is 37.2. The van der Waals surface area contributed by atoms with E-state index in [0.29, 0.717) is 16.9 Å². The largest absolute Gasteiger partial charge is 0.468 e. The van der Waals surface area contributed by atoms with Gasteiger partial charge in [0.1, 0.15) is 41.9 Å². The molecule has 0 amide bonds. The molecule has 0 saturated carbocycles. The maximum Gasteiger partial charge on any atom is 0.459 e. The minimum absolute atomic E-state index is 0.225. The SMILES string of the molecule is COC(=O)C(C)NP(=O)(Oc1ccccc1)OC(C)C1OC(n2cnc3c(C)ncnc32)[C@H](O)[C@@H]1O. The lowest BCUT2D eigenvalue weighted by Crippen LogP contribution is -2.41. The van der Waals surface area contributed by atoms with E-state index >= 15 is 0 Å². The van der Waals surface area contributed by atoms with Crippen LogP contribution in [0.3, 0.4) is 0 Å². The molecule has 1 aliphatic rings. The number of nitrogens with zero attached hydrogens (tertiary/aromatic N) is 4. The fourth-order valence-corrected chi connectivity index (χ4v) is 5.60. The second kappa shape index (κ2) is 10.6. The summed E-state index contributed by atoms with van der Waals surface area (Å²) in [5.41, 5.74) is 1.58. The number of aryl methyl sites for hydroxylation is 1. The van der Waals surface area contributed by atoms with Crippen LogP contribution in [0.5, 0.6) is 5.75 Å². The first-order valence-electron chi connectivity index (χ1n) is 11.2. The summed E-state index contributed by atoms with van der Waals surface area (Å²) in [5, 5.41) is 24.1. The van der Waals surface area contributed by atoms with E-state index in [2.05, 4.69) is 20.0 Å². The average Bonchev–Trinajstić information content (AvgIpc) is 3.40. The number of hydrogen-bond donors (Lipinski definition) is 3. The van der Waals surface area contributed by atoms with Gasteiger partial charge in [0.2, 0.25) is 0 Å². The maximum atomic E-state index is 13.7. The number of benzene rings is 1. The van der Waals surface area contributed by atoms with E-state index < -0.39 is 50.4 Å². The third kappa shape index (κ3) is 5.26. The van der Waals surface area contributed by atoms with E-state index in [-0.39, 0.29) is 5.75 Å². The molecule has 36 heavy (non-hydrogen) atoms. The number of carbonyl (C=O) groups is 1. The Bertz CT molecular complexity index is 1260. The number of para-hydroxylation sites is 1. The Morgan fingerprint density at radius 3 is 2.58 bits per heavy atom. The third-order valence-electron chi connectivity index (χ3n) is 5.73. The normalized spacial score (nSPS) is 25.3. The van der Waals surface area contributed by atoms with Gasteiger partial charge in [0.05, 0.1) is 25.2 Å². The Balaban J connectivity index is 1.56. The van der Waals surface area contributed by atoms with E-state index in [0.717, 1.165) is 0 Å². The number of aliphatic hydroxyl groups excluding tert-OH is 2. The Kier molecular flexibility index (Phi) is 7.69. The molecule has 4 rings (SSSR count). The highest BCUT2D eigenvalue weighted by Crippen LogP contribution is 2.48. The summed E-state index contributed by atoms with van der Waals surface area (Å²) in [6, 6.07) is 7.21. The molecule has 5 unspecified atom stereocenters. The molecule has 14 heteroatoms. The Labute approximate surface area is 207 Å². The van der Waals surface area contributed by atoms with Crippen molar-refractivity contribution in [3.05, 3.63) is 48.7 Å². The van der Waals surface area contributed by atoms with Crippen LogP contribution in [0, 0.1) is 6.92 Å². The molecule has 13 nitrogen and oxygen atoms in total. The second-order valence-corrected chi connectivity index (χ2v) is 9.99. The number of methoxy groups -OCH3 is 1. The summed E-state index contributed by atoms with van der Waals surface area (Å²) in [5.74, 6) is -0.455. The molecule has 2 aromatic heterocycles. The summed E-state index contributed by atoms with van der Waals surface area (Å²) in [4.78, 5) is 24.5. The van der Waals surface area contributed by atoms with E-state index in [1.807, 2.05) is 0 Å². The quantitative estimate of drug-likeness (QED) is 0.275. The number of aromatic nitrogens is 4. The first-order valence-corrected chi connectivity index (χ1v) is 12.7. The Morgan fingerprint density at radius 2 is 1.89 bits per heavy atom. The van der Waals surface area contributed by atoms with Gasteiger partial charge in [-0.3, -0.25) is 13.9 Å². The standard InChI is InChI=1S/C22H28N5O8P/c1-12-16-20(24-10-23-12)27(11-25-16)21-18(29)17(28)19(33-21)14(3)34-36(31,26-13(2)22(30)32-4)35-15-8-6-5-7-9-15/h5-11,13-14,17-19,21,28-29H,1-4H3,(H,26,31)/t13?,14?,17-,18+,19?,21?,36?/m0/s1. The fourth-order valence-electron chi connectivity index (χ4n) is 3.90. The number of nitrogens with one attached hydrogen (secondary N) is 1. The van der Waals surface area contributed by atoms with Crippen LogP contribution in [0.15, 0.2) is 43.0 Å². The van der Waals surface area contributed by atoms with Gasteiger partial charge in [0.15, 0.2) is 11.9 Å². The molecule has 7 atom stereocenters. The van der Waals surface area contributed by atoms with Crippen LogP contribution in [0.1, 0.15) is 25.8 Å². The van der Waals surface area contributed by atoms with Crippen molar-refractivity contribution in [3.8, 4) is 5.75 Å². The first kappa shape index (κ1) is 26.1. The molecule has 1 fully saturated rings. The van der Waals surface area contributed by atoms with Crippen LogP contribution >= 0.6 is 7.75 Å². The number of rotatable bonds is 9. The van der Waals surface area contributed by atoms with E-state index in [4.69, 9.17) is 18.5 Å². The van der Waals surface area contributed by atoms with Crippen LogP contribution in [0.2, 0.25) is 0 Å². The predicted molar refractivity (Wildman–Crippen MR) is 126 cm³/mol. The molecular formula is C22H28N5O8P. The van der Waals surface area contributed by atoms with Crippen molar-refractivity contribution in [2.45, 2.75) is 57.5 Å². The fraction of sp³-hybridized carbons (Fsp3) is 0.455. The monoisotopic (exact) mass is 521 g/mol. The van der Waals surface area contributed by atoms with Crippen molar-refractivity contribution < 1.29 is 38.1 Å². The van der Waals surface area contributed by atoms with Gasteiger partial charge < -0.3 is 24.2 Å². The zero-order chi connectivity index (χ0) is 26.0. The minimum Gasteiger partial charge on any atom is -0.468 e. The predicted octanol–water partition coefficient (Wildman–Crippen LogP) is 1.50. The number of carbonyl (C=O) groups excluding carboxylic acids is 1. The summed E-state index contributed by atoms with van der Waals surface area (Å²) >= 11 is 0. The molecule has 3 heterocycles. The molecule has 1 aromatic carbocycles. The zero-order valence-electron chi connectivity index (χ0n) is 20.1. The van der Waals surface area contributed by atoms with Crippen molar-refractivity contribution in [2.75, 3.05) is 7.11 Å². The van der Waals surface area contributed by atoms with Crippen LogP contribution in [0.4, 0.5) is 0 Å². The van der Waals surface area contributed by atoms with Gasteiger partial charge in [-0.1, -0.05) is 18.2 Å². The first-order chi connectivity index (χ1) is 17.1. The number of esters is 1. The second-order valence-electron chi connectivity index (χ2n) is 8.34. The van der Waals surface area contributed by atoms with Crippen molar-refractivity contribution in [2.24, 2.45) is 0 Å². The van der Waals surface area contributed by atoms with Crippen LogP contribution in [0.25, 0.3) is 11.2 Å². The van der Waals surface area contributed by atoms with Gasteiger partial charge >= 0.3 is 13.7 Å². The maximum absolute atomic E-state index is 13.7. The van der Waals surface area contributed by atoms with Crippen molar-refractivity contribution >= 4 is 24.9 Å². The number of aliphatic hydroxyl groups is 2. The molecular weight excluding hydrogens is 493 g/mol. The summed E-state index contributed by atoms with van der Waals surface area (Å²) in [7, 11) is -3.01. The average molecular weight is 521 g/mol. The summed E-state index contributed by atoms with van der Waals surface area (Å²) in [6.45, 7) is 4.72. The van der Waals surface area contributed by atoms with Crippen molar-refractivity contribution in [1.82, 2.24) is 24.6 Å². The molecule has 1 aliphatic heterocycles. The zero-order valence-corrected chi connectivity index (χ0v) is 21.0. The third-order valence-corrected chi connectivity index (χ3v) is 7.50. The lowest BCUT2D eigenvalue weighted by Gasteiger charge is -2.28. The lowest BCUT2D eigenvalue weighted by atomic mass is 10.1. The highest BCUT2D eigenvalue weighted by Gasteiger charge is 2.49. The molecule has 1 saturated heterocycles. The number of ether oxygens (including phenoxy) is 2. The highest BCUT2D eigenvalue weighted by molar-refractivity contribution is 7.52. The molecule has 194 valence electrons. The number of fused-ring (bicyclic) bond motifs is 1. The van der Waals surface area contributed by atoms with E-state index in [1.165, 1.54) is 38.2 Å². The van der Waals surface area contributed by atoms with Crippen LogP contribution in [-0.2, 0) is 23.4 Å². The van der Waals surface area contributed by atoms with Gasteiger partial charge in [0.25, 0.3) is 0 Å². The number of hydrogen-bond acceptors (Lipinski definition) is 11. The van der Waals surface area contributed by atoms with Crippen molar-refractivity contribution in [3.63, 3.8) is 0 Å². The van der Waals surface area contributed by atoms with Gasteiger partial charge in [-0.2, -0.15) is 5.09 Å². The topological polar surface area (TPSA) is 167 Å². The Hall–Kier alpha value is -2.93. The minimum atomic E-state index is -4.21. The molecule has 3 N–H and O–H groups in total. The molecule has 0 aliphatic carbocycles. The summed E-state index contributed by atoms with van der Waals surface area (Å²) in [6.07, 6.45) is -3.21. The smallest absolute Gasteiger partial charge is 0.459 e. The number of imidazole rings is 1. The van der Waals surface area contributed by atoms with E-state index in [1.54, 1.807) is 37.3 Å². The van der Waals surface area contributed by atoms with Gasteiger partial charge in [-0.05, 0) is 32.9 Å². The molecule has 3 aromatic rings. The highest BCUT2D eigenvalue weighted by atomic mass is 31.2. The van der Waals surface area contributed by atoms with Gasteiger partial charge in [0, 0.05) is 0 Å². The van der Waals surface area contributed by atoms with E-state index in [9.17, 15) is 19.6 Å². The molecule has 0 bridgehead atoms. The Morgan fingerprint density at radius 1 is 1.17 bits per heavy atom. The van der Waals surface area contributed by atoms with Crippen LogP contribution in [-0.4, -0.2) is 73.3 Å².